The Hall–Kier alpha value is -2.63. The predicted octanol–water partition coefficient (Wildman–Crippen LogP) is 2.39. The Labute approximate surface area is 166 Å². The van der Waals surface area contributed by atoms with Crippen LogP contribution in [0.25, 0.3) is 0 Å². The molecule has 0 N–H and O–H groups in total. The van der Waals surface area contributed by atoms with Crippen LogP contribution in [0.5, 0.6) is 5.75 Å². The molecule has 0 saturated carbocycles. The number of nitro groups is 1. The zero-order valence-electron chi connectivity index (χ0n) is 15.5. The second kappa shape index (κ2) is 8.39. The van der Waals surface area contributed by atoms with Gasteiger partial charge in [0.15, 0.2) is 17.4 Å². The van der Waals surface area contributed by atoms with Gasteiger partial charge in [-0.15, -0.1) is 0 Å². The van der Waals surface area contributed by atoms with Gasteiger partial charge in [-0.2, -0.15) is 4.31 Å². The monoisotopic (exact) mass is 427 g/mol. The van der Waals surface area contributed by atoms with E-state index in [4.69, 9.17) is 4.74 Å². The van der Waals surface area contributed by atoms with Crippen LogP contribution >= 0.6 is 0 Å². The maximum Gasteiger partial charge on any atom is 0.312 e. The maximum atomic E-state index is 13.3. The number of sulfonamides is 1. The van der Waals surface area contributed by atoms with Crippen molar-refractivity contribution in [2.45, 2.75) is 11.4 Å². The first-order valence-corrected chi connectivity index (χ1v) is 10.1. The third kappa shape index (κ3) is 4.52. The summed E-state index contributed by atoms with van der Waals surface area (Å²) in [6.45, 7) is 1.48. The molecule has 0 radical (unpaired) electrons. The minimum absolute atomic E-state index is 0.0229. The lowest BCUT2D eigenvalue weighted by Gasteiger charge is -2.34. The fourth-order valence-corrected chi connectivity index (χ4v) is 4.59. The second-order valence-electron chi connectivity index (χ2n) is 6.52. The summed E-state index contributed by atoms with van der Waals surface area (Å²) in [5.41, 5.74) is 0.163. The normalized spacial score (nSPS) is 16.0. The second-order valence-corrected chi connectivity index (χ2v) is 8.46. The van der Waals surface area contributed by atoms with Crippen LogP contribution in [0.15, 0.2) is 41.3 Å². The highest BCUT2D eigenvalue weighted by molar-refractivity contribution is 7.89. The lowest BCUT2D eigenvalue weighted by atomic mass is 10.2. The van der Waals surface area contributed by atoms with Crippen molar-refractivity contribution in [3.8, 4) is 5.75 Å². The average molecular weight is 427 g/mol. The molecule has 0 aliphatic carbocycles. The van der Waals surface area contributed by atoms with Gasteiger partial charge in [0.2, 0.25) is 10.0 Å². The van der Waals surface area contributed by atoms with E-state index in [0.29, 0.717) is 25.2 Å². The molecule has 1 heterocycles. The highest BCUT2D eigenvalue weighted by Gasteiger charge is 2.30. The number of halogens is 2. The first kappa shape index (κ1) is 21.1. The Balaban J connectivity index is 1.70. The van der Waals surface area contributed by atoms with Crippen molar-refractivity contribution < 1.29 is 26.9 Å². The molecule has 0 amide bonds. The minimum atomic E-state index is -3.91. The Morgan fingerprint density at radius 1 is 1.07 bits per heavy atom. The number of nitrogens with zero attached hydrogens (tertiary/aromatic N) is 3. The van der Waals surface area contributed by atoms with Crippen molar-refractivity contribution in [3.05, 3.63) is 63.7 Å². The van der Waals surface area contributed by atoms with Gasteiger partial charge in [0.05, 0.1) is 16.9 Å². The van der Waals surface area contributed by atoms with Crippen LogP contribution in [0.4, 0.5) is 14.5 Å². The van der Waals surface area contributed by atoms with Crippen molar-refractivity contribution in [1.29, 1.82) is 0 Å². The largest absolute Gasteiger partial charge is 0.490 e. The van der Waals surface area contributed by atoms with Crippen LogP contribution in [0, 0.1) is 21.7 Å². The highest BCUT2D eigenvalue weighted by Crippen LogP contribution is 2.30. The van der Waals surface area contributed by atoms with Crippen molar-refractivity contribution in [1.82, 2.24) is 9.21 Å². The van der Waals surface area contributed by atoms with Gasteiger partial charge in [-0.1, -0.05) is 6.07 Å². The Morgan fingerprint density at radius 3 is 2.34 bits per heavy atom. The van der Waals surface area contributed by atoms with Crippen LogP contribution in [-0.4, -0.2) is 55.8 Å². The number of piperazine rings is 1. The summed E-state index contributed by atoms with van der Waals surface area (Å²) >= 11 is 0. The molecule has 0 unspecified atom stereocenters. The van der Waals surface area contributed by atoms with E-state index < -0.39 is 32.3 Å². The van der Waals surface area contributed by atoms with Crippen LogP contribution in [0.3, 0.4) is 0 Å². The number of methoxy groups -OCH3 is 1. The molecule has 2 aromatic carbocycles. The molecule has 2 aromatic rings. The third-order valence-electron chi connectivity index (χ3n) is 4.71. The summed E-state index contributed by atoms with van der Waals surface area (Å²) in [5, 5.41) is 11.2. The van der Waals surface area contributed by atoms with Crippen molar-refractivity contribution in [2.75, 3.05) is 33.3 Å². The zero-order valence-corrected chi connectivity index (χ0v) is 16.4. The molecule has 29 heavy (non-hydrogen) atoms. The lowest BCUT2D eigenvalue weighted by Crippen LogP contribution is -2.48. The topological polar surface area (TPSA) is 93.0 Å². The molecule has 0 spiro atoms. The third-order valence-corrected chi connectivity index (χ3v) is 6.60. The van der Waals surface area contributed by atoms with E-state index in [9.17, 15) is 27.3 Å². The van der Waals surface area contributed by atoms with E-state index in [1.54, 1.807) is 0 Å². The Kier molecular flexibility index (Phi) is 6.10. The van der Waals surface area contributed by atoms with E-state index in [-0.39, 0.29) is 23.7 Å². The number of hydrogen-bond donors (Lipinski definition) is 0. The van der Waals surface area contributed by atoms with E-state index in [0.717, 1.165) is 18.2 Å². The molecular formula is C18H19F2N3O5S. The molecule has 8 nitrogen and oxygen atoms in total. The number of hydrogen-bond acceptors (Lipinski definition) is 6. The van der Waals surface area contributed by atoms with Gasteiger partial charge in [-0.25, -0.2) is 17.2 Å². The van der Waals surface area contributed by atoms with Gasteiger partial charge < -0.3 is 4.74 Å². The van der Waals surface area contributed by atoms with Gasteiger partial charge in [0, 0.05) is 38.8 Å². The van der Waals surface area contributed by atoms with Crippen molar-refractivity contribution in [2.24, 2.45) is 0 Å². The Morgan fingerprint density at radius 2 is 1.76 bits per heavy atom. The first-order chi connectivity index (χ1) is 13.7. The van der Waals surface area contributed by atoms with Crippen LogP contribution in [-0.2, 0) is 16.6 Å². The zero-order chi connectivity index (χ0) is 21.2. The lowest BCUT2D eigenvalue weighted by molar-refractivity contribution is -0.386. The van der Waals surface area contributed by atoms with Gasteiger partial charge in [0.1, 0.15) is 0 Å². The number of rotatable bonds is 6. The minimum Gasteiger partial charge on any atom is -0.490 e. The number of nitro benzene ring substituents is 1. The summed E-state index contributed by atoms with van der Waals surface area (Å²) in [5.74, 6) is -1.87. The summed E-state index contributed by atoms with van der Waals surface area (Å²) in [6, 6.07) is 7.18. The first-order valence-electron chi connectivity index (χ1n) is 8.71. The number of benzene rings is 2. The van der Waals surface area contributed by atoms with Crippen LogP contribution in [0.1, 0.15) is 5.56 Å². The maximum absolute atomic E-state index is 13.3. The van der Waals surface area contributed by atoms with E-state index in [2.05, 4.69) is 0 Å². The van der Waals surface area contributed by atoms with Gasteiger partial charge in [-0.3, -0.25) is 15.0 Å². The molecule has 3 rings (SSSR count). The molecule has 0 atom stereocenters. The average Bonchev–Trinajstić information content (AvgIpc) is 2.70. The van der Waals surface area contributed by atoms with E-state index in [1.807, 2.05) is 4.90 Å². The van der Waals surface area contributed by atoms with Gasteiger partial charge >= 0.3 is 5.69 Å². The fourth-order valence-electron chi connectivity index (χ4n) is 3.15. The summed E-state index contributed by atoms with van der Waals surface area (Å²) < 4.78 is 58.3. The molecule has 156 valence electrons. The fraction of sp³-hybridized carbons (Fsp3) is 0.333. The highest BCUT2D eigenvalue weighted by atomic mass is 32.2. The summed E-state index contributed by atoms with van der Waals surface area (Å²) in [4.78, 5) is 12.2. The standard InChI is InChI=1S/C18H19F2N3O5S/c1-28-18-5-3-14(11-17(18)23(24)25)29(26,27)22-8-6-21(7-9-22)12-13-2-4-15(19)16(20)10-13/h2-5,10-11H,6-9,12H2,1H3. The smallest absolute Gasteiger partial charge is 0.312 e. The molecule has 0 bridgehead atoms. The van der Waals surface area contributed by atoms with Crippen LogP contribution < -0.4 is 4.74 Å². The predicted molar refractivity (Wildman–Crippen MR) is 100 cm³/mol. The van der Waals surface area contributed by atoms with E-state index >= 15 is 0 Å². The summed E-state index contributed by atoms with van der Waals surface area (Å²) in [6.07, 6.45) is 0. The quantitative estimate of drug-likeness (QED) is 0.519. The van der Waals surface area contributed by atoms with Crippen LogP contribution in [0.2, 0.25) is 0 Å². The van der Waals surface area contributed by atoms with Crippen molar-refractivity contribution in [3.63, 3.8) is 0 Å². The van der Waals surface area contributed by atoms with Crippen molar-refractivity contribution >= 4 is 15.7 Å². The molecular weight excluding hydrogens is 408 g/mol. The molecule has 0 aromatic heterocycles. The SMILES string of the molecule is COc1ccc(S(=O)(=O)N2CCN(Cc3ccc(F)c(F)c3)CC2)cc1[N+](=O)[O-]. The molecule has 1 fully saturated rings. The summed E-state index contributed by atoms with van der Waals surface area (Å²) in [7, 11) is -2.65. The Bertz CT molecular complexity index is 1020. The van der Waals surface area contributed by atoms with Gasteiger partial charge in [0.25, 0.3) is 0 Å². The molecule has 1 aliphatic heterocycles. The van der Waals surface area contributed by atoms with Gasteiger partial charge in [-0.05, 0) is 29.8 Å². The molecule has 11 heteroatoms. The molecule has 1 aliphatic rings. The number of ether oxygens (including phenoxy) is 1. The molecule has 1 saturated heterocycles. The van der Waals surface area contributed by atoms with E-state index in [1.165, 1.54) is 29.6 Å².